The molecule has 0 fully saturated rings. The predicted molar refractivity (Wildman–Crippen MR) is 91.8 cm³/mol. The average molecular weight is 304 g/mol. The van der Waals surface area contributed by atoms with E-state index in [9.17, 15) is 4.79 Å². The zero-order valence-electron chi connectivity index (χ0n) is 14.1. The van der Waals surface area contributed by atoms with Gasteiger partial charge < -0.3 is 15.5 Å². The van der Waals surface area contributed by atoms with Crippen molar-refractivity contribution < 1.29 is 4.79 Å². The lowest BCUT2D eigenvalue weighted by Crippen LogP contribution is -2.41. The molecule has 0 aliphatic heterocycles. The summed E-state index contributed by atoms with van der Waals surface area (Å²) in [4.78, 5) is 18.0. The summed E-state index contributed by atoms with van der Waals surface area (Å²) in [6, 6.07) is 10.5. The monoisotopic (exact) mass is 304 g/mol. The predicted octanol–water partition coefficient (Wildman–Crippen LogP) is 2.00. The van der Waals surface area contributed by atoms with Crippen LogP contribution in [0.15, 0.2) is 35.3 Å². The SMILES string of the molecule is CCC(C)NC(=O)CCNC(=NC)N(C)Cc1ccccc1. The number of carbonyl (C=O) groups excluding carboxylic acids is 1. The van der Waals surface area contributed by atoms with Crippen LogP contribution in [-0.2, 0) is 11.3 Å². The van der Waals surface area contributed by atoms with E-state index in [4.69, 9.17) is 0 Å². The molecule has 1 aromatic carbocycles. The van der Waals surface area contributed by atoms with Crippen LogP contribution >= 0.6 is 0 Å². The van der Waals surface area contributed by atoms with Gasteiger partial charge in [-0.05, 0) is 18.9 Å². The molecular formula is C17H28N4O. The van der Waals surface area contributed by atoms with Crippen molar-refractivity contribution in [3.05, 3.63) is 35.9 Å². The number of benzene rings is 1. The molecule has 0 heterocycles. The Balaban J connectivity index is 2.37. The molecule has 1 rings (SSSR count). The van der Waals surface area contributed by atoms with Crippen LogP contribution in [0.3, 0.4) is 0 Å². The molecule has 1 aromatic rings. The molecule has 0 aromatic heterocycles. The molecule has 1 unspecified atom stereocenters. The van der Waals surface area contributed by atoms with Crippen molar-refractivity contribution in [3.8, 4) is 0 Å². The van der Waals surface area contributed by atoms with Gasteiger partial charge in [0.25, 0.3) is 0 Å². The van der Waals surface area contributed by atoms with Crippen molar-refractivity contribution in [1.29, 1.82) is 0 Å². The summed E-state index contributed by atoms with van der Waals surface area (Å²) in [7, 11) is 3.74. The third-order valence-electron chi connectivity index (χ3n) is 3.49. The first-order valence-corrected chi connectivity index (χ1v) is 7.81. The van der Waals surface area contributed by atoms with Crippen molar-refractivity contribution in [2.24, 2.45) is 4.99 Å². The van der Waals surface area contributed by atoms with E-state index in [0.717, 1.165) is 18.9 Å². The van der Waals surface area contributed by atoms with Crippen LogP contribution in [-0.4, -0.2) is 43.4 Å². The molecule has 2 N–H and O–H groups in total. The Labute approximate surface area is 133 Å². The Bertz CT molecular complexity index is 473. The van der Waals surface area contributed by atoms with Crippen LogP contribution in [0.1, 0.15) is 32.3 Å². The standard InChI is InChI=1S/C17H28N4O/c1-5-14(2)20-16(22)11-12-19-17(18-3)21(4)13-15-9-7-6-8-10-15/h6-10,14H,5,11-13H2,1-4H3,(H,18,19)(H,20,22). The summed E-state index contributed by atoms with van der Waals surface area (Å²) in [6.45, 7) is 5.43. The van der Waals surface area contributed by atoms with E-state index in [2.05, 4.69) is 34.7 Å². The highest BCUT2D eigenvalue weighted by molar-refractivity contribution is 5.81. The van der Waals surface area contributed by atoms with Gasteiger partial charge in [-0.25, -0.2) is 0 Å². The minimum Gasteiger partial charge on any atom is -0.356 e. The van der Waals surface area contributed by atoms with Gasteiger partial charge in [0.1, 0.15) is 0 Å². The normalized spacial score (nSPS) is 12.6. The van der Waals surface area contributed by atoms with E-state index in [1.165, 1.54) is 5.56 Å². The Kier molecular flexibility index (Phi) is 8.04. The number of guanidine groups is 1. The molecule has 0 radical (unpaired) electrons. The molecule has 0 saturated carbocycles. The number of hydrogen-bond donors (Lipinski definition) is 2. The van der Waals surface area contributed by atoms with Crippen molar-refractivity contribution in [1.82, 2.24) is 15.5 Å². The number of amides is 1. The maximum atomic E-state index is 11.7. The van der Waals surface area contributed by atoms with Gasteiger partial charge >= 0.3 is 0 Å². The topological polar surface area (TPSA) is 56.7 Å². The van der Waals surface area contributed by atoms with Gasteiger partial charge in [-0.2, -0.15) is 0 Å². The lowest BCUT2D eigenvalue weighted by atomic mass is 10.2. The molecule has 0 bridgehead atoms. The molecule has 0 aliphatic carbocycles. The van der Waals surface area contributed by atoms with E-state index in [1.54, 1.807) is 7.05 Å². The minimum absolute atomic E-state index is 0.0722. The Morgan fingerprint density at radius 3 is 2.59 bits per heavy atom. The first-order valence-electron chi connectivity index (χ1n) is 7.81. The first-order chi connectivity index (χ1) is 10.6. The van der Waals surface area contributed by atoms with Gasteiger partial charge in [0.05, 0.1) is 0 Å². The Morgan fingerprint density at radius 1 is 1.32 bits per heavy atom. The minimum atomic E-state index is 0.0722. The highest BCUT2D eigenvalue weighted by Gasteiger charge is 2.08. The number of aliphatic imine (C=N–C) groups is 1. The lowest BCUT2D eigenvalue weighted by Gasteiger charge is -2.22. The fourth-order valence-electron chi connectivity index (χ4n) is 2.05. The van der Waals surface area contributed by atoms with Crippen molar-refractivity contribution in [2.75, 3.05) is 20.6 Å². The third kappa shape index (κ3) is 6.61. The largest absolute Gasteiger partial charge is 0.356 e. The summed E-state index contributed by atoms with van der Waals surface area (Å²) >= 11 is 0. The highest BCUT2D eigenvalue weighted by atomic mass is 16.1. The van der Waals surface area contributed by atoms with Crippen LogP contribution in [0.2, 0.25) is 0 Å². The van der Waals surface area contributed by atoms with E-state index < -0.39 is 0 Å². The average Bonchev–Trinajstić information content (AvgIpc) is 2.52. The summed E-state index contributed by atoms with van der Waals surface area (Å²) in [5.74, 6) is 0.864. The van der Waals surface area contributed by atoms with Crippen LogP contribution < -0.4 is 10.6 Å². The molecule has 122 valence electrons. The summed E-state index contributed by atoms with van der Waals surface area (Å²) in [5, 5.41) is 6.18. The van der Waals surface area contributed by atoms with Gasteiger partial charge in [-0.15, -0.1) is 0 Å². The zero-order chi connectivity index (χ0) is 16.4. The molecule has 1 atom stereocenters. The van der Waals surface area contributed by atoms with E-state index in [0.29, 0.717) is 13.0 Å². The molecule has 1 amide bonds. The fraction of sp³-hybridized carbons (Fsp3) is 0.529. The van der Waals surface area contributed by atoms with Crippen LogP contribution in [0.4, 0.5) is 0 Å². The number of carbonyl (C=O) groups is 1. The van der Waals surface area contributed by atoms with E-state index in [-0.39, 0.29) is 11.9 Å². The number of hydrogen-bond acceptors (Lipinski definition) is 2. The van der Waals surface area contributed by atoms with Gasteiger partial charge in [0.15, 0.2) is 5.96 Å². The summed E-state index contributed by atoms with van der Waals surface area (Å²) in [6.07, 6.45) is 1.39. The van der Waals surface area contributed by atoms with Gasteiger partial charge in [-0.1, -0.05) is 37.3 Å². The van der Waals surface area contributed by atoms with Crippen molar-refractivity contribution >= 4 is 11.9 Å². The van der Waals surface area contributed by atoms with Crippen LogP contribution in [0.25, 0.3) is 0 Å². The van der Waals surface area contributed by atoms with Gasteiger partial charge in [-0.3, -0.25) is 9.79 Å². The second-order valence-electron chi connectivity index (χ2n) is 5.44. The zero-order valence-corrected chi connectivity index (χ0v) is 14.1. The van der Waals surface area contributed by atoms with Gasteiger partial charge in [0, 0.05) is 39.6 Å². The third-order valence-corrected chi connectivity index (χ3v) is 3.49. The maximum absolute atomic E-state index is 11.7. The Hall–Kier alpha value is -2.04. The molecule has 0 saturated heterocycles. The quantitative estimate of drug-likeness (QED) is 0.598. The van der Waals surface area contributed by atoms with Crippen LogP contribution in [0, 0.1) is 0 Å². The fourth-order valence-corrected chi connectivity index (χ4v) is 2.05. The summed E-state index contributed by atoms with van der Waals surface area (Å²) < 4.78 is 0. The van der Waals surface area contributed by atoms with Crippen molar-refractivity contribution in [2.45, 2.75) is 39.3 Å². The number of nitrogens with one attached hydrogen (secondary N) is 2. The second kappa shape index (κ2) is 9.82. The smallest absolute Gasteiger partial charge is 0.221 e. The molecule has 22 heavy (non-hydrogen) atoms. The molecule has 0 aliphatic rings. The maximum Gasteiger partial charge on any atom is 0.221 e. The lowest BCUT2D eigenvalue weighted by molar-refractivity contribution is -0.121. The number of nitrogens with zero attached hydrogens (tertiary/aromatic N) is 2. The molecule has 0 spiro atoms. The molecule has 5 heteroatoms. The highest BCUT2D eigenvalue weighted by Crippen LogP contribution is 2.02. The van der Waals surface area contributed by atoms with Crippen molar-refractivity contribution in [3.63, 3.8) is 0 Å². The van der Waals surface area contributed by atoms with Gasteiger partial charge in [0.2, 0.25) is 5.91 Å². The molecule has 5 nitrogen and oxygen atoms in total. The molecular weight excluding hydrogens is 276 g/mol. The second-order valence-corrected chi connectivity index (χ2v) is 5.44. The van der Waals surface area contributed by atoms with E-state index >= 15 is 0 Å². The summed E-state index contributed by atoms with van der Waals surface area (Å²) in [5.41, 5.74) is 1.22. The Morgan fingerprint density at radius 2 is 2.00 bits per heavy atom. The number of rotatable bonds is 7. The van der Waals surface area contributed by atoms with E-state index in [1.807, 2.05) is 37.1 Å². The first kappa shape index (κ1) is 18.0. The van der Waals surface area contributed by atoms with Crippen LogP contribution in [0.5, 0.6) is 0 Å².